The number of rotatable bonds is 10. The fraction of sp³-hybridized carbons (Fsp3) is 0.400. The van der Waals surface area contributed by atoms with Gasteiger partial charge in [0.25, 0.3) is 0 Å². The van der Waals surface area contributed by atoms with E-state index in [1.54, 1.807) is 7.11 Å². The van der Waals surface area contributed by atoms with Crippen molar-refractivity contribution >= 4 is 0 Å². The highest BCUT2D eigenvalue weighted by Crippen LogP contribution is 2.31. The number of benzene rings is 2. The van der Waals surface area contributed by atoms with Gasteiger partial charge >= 0.3 is 0 Å². The summed E-state index contributed by atoms with van der Waals surface area (Å²) in [5, 5.41) is 6.61. The molecule has 2 aromatic carbocycles. The van der Waals surface area contributed by atoms with E-state index in [9.17, 15) is 0 Å². The third-order valence-electron chi connectivity index (χ3n) is 3.88. The van der Waals surface area contributed by atoms with Crippen molar-refractivity contribution < 1.29 is 9.47 Å². The molecule has 4 heteroatoms. The normalized spacial score (nSPS) is 10.6. The Labute approximate surface area is 145 Å². The lowest BCUT2D eigenvalue weighted by Crippen LogP contribution is -2.19. The lowest BCUT2D eigenvalue weighted by molar-refractivity contribution is 0.280. The molecule has 0 spiro atoms. The molecule has 0 bridgehead atoms. The molecule has 0 aliphatic carbocycles. The first-order valence-corrected chi connectivity index (χ1v) is 8.44. The highest BCUT2D eigenvalue weighted by Gasteiger charge is 2.10. The maximum Gasteiger partial charge on any atom is 0.166 e. The maximum absolute atomic E-state index is 6.09. The SMILES string of the molecule is CNCCCNCc1cccc(OC)c1OCc1ccc(C)cc1. The van der Waals surface area contributed by atoms with Crippen LogP contribution in [0.25, 0.3) is 0 Å². The van der Waals surface area contributed by atoms with Crippen LogP contribution in [0.1, 0.15) is 23.1 Å². The zero-order chi connectivity index (χ0) is 17.2. The molecular formula is C20H28N2O2. The summed E-state index contributed by atoms with van der Waals surface area (Å²) >= 11 is 0. The molecule has 2 aromatic rings. The van der Waals surface area contributed by atoms with Crippen molar-refractivity contribution in [3.63, 3.8) is 0 Å². The Balaban J connectivity index is 2.01. The highest BCUT2D eigenvalue weighted by atomic mass is 16.5. The molecule has 0 amide bonds. The maximum atomic E-state index is 6.09. The summed E-state index contributed by atoms with van der Waals surface area (Å²) in [5.41, 5.74) is 3.52. The number of methoxy groups -OCH3 is 1. The van der Waals surface area contributed by atoms with Crippen LogP contribution in [0.4, 0.5) is 0 Å². The average molecular weight is 328 g/mol. The van der Waals surface area contributed by atoms with Crippen LogP contribution >= 0.6 is 0 Å². The lowest BCUT2D eigenvalue weighted by Gasteiger charge is -2.16. The Hall–Kier alpha value is -2.04. The smallest absolute Gasteiger partial charge is 0.166 e. The van der Waals surface area contributed by atoms with E-state index in [4.69, 9.17) is 9.47 Å². The van der Waals surface area contributed by atoms with Gasteiger partial charge in [-0.15, -0.1) is 0 Å². The van der Waals surface area contributed by atoms with Gasteiger partial charge < -0.3 is 20.1 Å². The Kier molecular flexibility index (Phi) is 7.59. The van der Waals surface area contributed by atoms with Gasteiger partial charge in [0.15, 0.2) is 11.5 Å². The Morgan fingerprint density at radius 1 is 1.00 bits per heavy atom. The van der Waals surface area contributed by atoms with Gasteiger partial charge in [0.1, 0.15) is 6.61 Å². The van der Waals surface area contributed by atoms with Crippen LogP contribution in [0.3, 0.4) is 0 Å². The first-order chi connectivity index (χ1) is 11.7. The molecule has 2 N–H and O–H groups in total. The third-order valence-corrected chi connectivity index (χ3v) is 3.88. The van der Waals surface area contributed by atoms with Crippen molar-refractivity contribution in [2.75, 3.05) is 27.2 Å². The molecule has 0 unspecified atom stereocenters. The molecule has 0 saturated heterocycles. The van der Waals surface area contributed by atoms with Crippen LogP contribution in [-0.4, -0.2) is 27.2 Å². The van der Waals surface area contributed by atoms with Crippen molar-refractivity contribution in [2.45, 2.75) is 26.5 Å². The van der Waals surface area contributed by atoms with Gasteiger partial charge in [0.2, 0.25) is 0 Å². The van der Waals surface area contributed by atoms with Gasteiger partial charge in [0, 0.05) is 12.1 Å². The monoisotopic (exact) mass is 328 g/mol. The van der Waals surface area contributed by atoms with E-state index in [1.165, 1.54) is 5.56 Å². The average Bonchev–Trinajstić information content (AvgIpc) is 2.61. The van der Waals surface area contributed by atoms with Crippen LogP contribution in [0, 0.1) is 6.92 Å². The number of nitrogens with one attached hydrogen (secondary N) is 2. The highest BCUT2D eigenvalue weighted by molar-refractivity contribution is 5.46. The van der Waals surface area contributed by atoms with Gasteiger partial charge in [-0.25, -0.2) is 0 Å². The van der Waals surface area contributed by atoms with Crippen LogP contribution in [-0.2, 0) is 13.2 Å². The first kappa shape index (κ1) is 18.3. The molecule has 0 saturated carbocycles. The van der Waals surface area contributed by atoms with E-state index in [1.807, 2.05) is 19.2 Å². The number of para-hydroxylation sites is 1. The van der Waals surface area contributed by atoms with Gasteiger partial charge in [-0.2, -0.15) is 0 Å². The minimum atomic E-state index is 0.535. The van der Waals surface area contributed by atoms with Gasteiger partial charge in [-0.05, 0) is 45.1 Å². The predicted molar refractivity (Wildman–Crippen MR) is 98.8 cm³/mol. The Morgan fingerprint density at radius 3 is 2.50 bits per heavy atom. The van der Waals surface area contributed by atoms with Crippen molar-refractivity contribution in [3.8, 4) is 11.5 Å². The molecular weight excluding hydrogens is 300 g/mol. The molecule has 0 heterocycles. The fourth-order valence-corrected chi connectivity index (χ4v) is 2.48. The van der Waals surface area contributed by atoms with Gasteiger partial charge in [-0.3, -0.25) is 0 Å². The Morgan fingerprint density at radius 2 is 1.79 bits per heavy atom. The number of ether oxygens (including phenoxy) is 2. The van der Waals surface area contributed by atoms with Crippen molar-refractivity contribution in [2.24, 2.45) is 0 Å². The van der Waals surface area contributed by atoms with Crippen LogP contribution in [0.5, 0.6) is 11.5 Å². The van der Waals surface area contributed by atoms with E-state index in [2.05, 4.69) is 47.9 Å². The first-order valence-electron chi connectivity index (χ1n) is 8.44. The van der Waals surface area contributed by atoms with Crippen LogP contribution in [0.15, 0.2) is 42.5 Å². The molecule has 0 aliphatic rings. The van der Waals surface area contributed by atoms with E-state index >= 15 is 0 Å². The molecule has 24 heavy (non-hydrogen) atoms. The van der Waals surface area contributed by atoms with Crippen LogP contribution in [0.2, 0.25) is 0 Å². The molecule has 4 nitrogen and oxygen atoms in total. The van der Waals surface area contributed by atoms with E-state index < -0.39 is 0 Å². The minimum Gasteiger partial charge on any atom is -0.493 e. The largest absolute Gasteiger partial charge is 0.493 e. The summed E-state index contributed by atoms with van der Waals surface area (Å²) in [5.74, 6) is 1.60. The topological polar surface area (TPSA) is 42.5 Å². The van der Waals surface area contributed by atoms with Crippen molar-refractivity contribution in [3.05, 3.63) is 59.2 Å². The third kappa shape index (κ3) is 5.55. The fourth-order valence-electron chi connectivity index (χ4n) is 2.48. The number of aryl methyl sites for hydroxylation is 1. The van der Waals surface area contributed by atoms with Crippen molar-refractivity contribution in [1.82, 2.24) is 10.6 Å². The summed E-state index contributed by atoms with van der Waals surface area (Å²) in [6, 6.07) is 14.4. The summed E-state index contributed by atoms with van der Waals surface area (Å²) in [6.45, 7) is 5.37. The number of hydrogen-bond donors (Lipinski definition) is 2. The number of hydrogen-bond acceptors (Lipinski definition) is 4. The molecule has 130 valence electrons. The molecule has 0 radical (unpaired) electrons. The molecule has 2 rings (SSSR count). The zero-order valence-electron chi connectivity index (χ0n) is 14.9. The second kappa shape index (κ2) is 9.96. The second-order valence-electron chi connectivity index (χ2n) is 5.86. The molecule has 0 atom stereocenters. The molecule has 0 aliphatic heterocycles. The summed E-state index contributed by atoms with van der Waals surface area (Å²) < 4.78 is 11.6. The minimum absolute atomic E-state index is 0.535. The standard InChI is InChI=1S/C20H28N2O2/c1-16-8-10-17(11-9-16)15-24-20-18(6-4-7-19(20)23-3)14-22-13-5-12-21-2/h4,6-11,21-22H,5,12-15H2,1-3H3. The predicted octanol–water partition coefficient (Wildman–Crippen LogP) is 3.28. The lowest BCUT2D eigenvalue weighted by atomic mass is 10.1. The zero-order valence-corrected chi connectivity index (χ0v) is 14.9. The van der Waals surface area contributed by atoms with E-state index in [0.717, 1.165) is 48.7 Å². The van der Waals surface area contributed by atoms with Gasteiger partial charge in [0.05, 0.1) is 7.11 Å². The molecule has 0 aromatic heterocycles. The summed E-state index contributed by atoms with van der Waals surface area (Å²) in [7, 11) is 3.65. The van der Waals surface area contributed by atoms with E-state index in [-0.39, 0.29) is 0 Å². The van der Waals surface area contributed by atoms with Crippen molar-refractivity contribution in [1.29, 1.82) is 0 Å². The second-order valence-corrected chi connectivity index (χ2v) is 5.86. The summed E-state index contributed by atoms with van der Waals surface area (Å²) in [6.07, 6.45) is 1.10. The van der Waals surface area contributed by atoms with Gasteiger partial charge in [-0.1, -0.05) is 42.0 Å². The molecule has 0 fully saturated rings. The van der Waals surface area contributed by atoms with E-state index in [0.29, 0.717) is 6.61 Å². The Bertz CT molecular complexity index is 612. The van der Waals surface area contributed by atoms with Crippen LogP contribution < -0.4 is 20.1 Å². The summed E-state index contributed by atoms with van der Waals surface area (Å²) in [4.78, 5) is 0. The quantitative estimate of drug-likeness (QED) is 0.657.